The van der Waals surface area contributed by atoms with Gasteiger partial charge in [0, 0.05) is 28.5 Å². The Kier molecular flexibility index (Phi) is 5.21. The van der Waals surface area contributed by atoms with E-state index in [-0.39, 0.29) is 11.9 Å². The number of anilines is 1. The molecule has 0 aliphatic carbocycles. The van der Waals surface area contributed by atoms with Gasteiger partial charge in [0.15, 0.2) is 0 Å². The summed E-state index contributed by atoms with van der Waals surface area (Å²) in [6, 6.07) is 19.2. The molecule has 30 heavy (non-hydrogen) atoms. The summed E-state index contributed by atoms with van der Waals surface area (Å²) in [5.41, 5.74) is 6.72. The molecule has 2 aliphatic rings. The summed E-state index contributed by atoms with van der Waals surface area (Å²) < 4.78 is 0. The van der Waals surface area contributed by atoms with Gasteiger partial charge < -0.3 is 4.90 Å². The van der Waals surface area contributed by atoms with Crippen molar-refractivity contribution in [3.05, 3.63) is 86.6 Å². The van der Waals surface area contributed by atoms with Crippen LogP contribution < -0.4 is 4.90 Å². The van der Waals surface area contributed by atoms with Gasteiger partial charge in [0.05, 0.1) is 12.6 Å². The number of rotatable bonds is 4. The van der Waals surface area contributed by atoms with E-state index in [1.165, 1.54) is 32.0 Å². The maximum atomic E-state index is 13.4. The van der Waals surface area contributed by atoms with Crippen molar-refractivity contribution < 1.29 is 4.79 Å². The van der Waals surface area contributed by atoms with E-state index in [9.17, 15) is 4.79 Å². The molecular formula is C26H28N2OS. The molecule has 0 bridgehead atoms. The maximum Gasteiger partial charge on any atom is 0.241 e. The highest BCUT2D eigenvalue weighted by Crippen LogP contribution is 2.42. The van der Waals surface area contributed by atoms with Gasteiger partial charge in [-0.3, -0.25) is 9.69 Å². The van der Waals surface area contributed by atoms with Crippen LogP contribution in [0, 0.1) is 6.92 Å². The molecule has 1 unspecified atom stereocenters. The molecule has 3 nitrogen and oxygen atoms in total. The molecule has 2 aromatic carbocycles. The van der Waals surface area contributed by atoms with Crippen LogP contribution >= 0.6 is 11.3 Å². The van der Waals surface area contributed by atoms with E-state index in [1.54, 1.807) is 0 Å². The Hall–Kier alpha value is -2.43. The van der Waals surface area contributed by atoms with Crippen LogP contribution in [-0.4, -0.2) is 30.4 Å². The molecule has 0 saturated carbocycles. The third-order valence-corrected chi connectivity index (χ3v) is 7.85. The highest BCUT2D eigenvalue weighted by atomic mass is 32.1. The highest BCUT2D eigenvalue weighted by molar-refractivity contribution is 7.12. The number of carbonyl (C=O) groups excluding carboxylic acids is 1. The number of benzene rings is 2. The minimum atomic E-state index is 0.167. The van der Waals surface area contributed by atoms with Gasteiger partial charge in [0.2, 0.25) is 5.91 Å². The SMILES string of the molecule is CCc1c(C)sc2c1CCN(CC(=O)N1CCc3ccccc31)C2c1ccccc1. The number of hydrogen-bond acceptors (Lipinski definition) is 3. The summed E-state index contributed by atoms with van der Waals surface area (Å²) in [5, 5.41) is 0. The van der Waals surface area contributed by atoms with Crippen molar-refractivity contribution in [1.82, 2.24) is 4.90 Å². The van der Waals surface area contributed by atoms with Gasteiger partial charge in [0.1, 0.15) is 0 Å². The first-order chi connectivity index (χ1) is 14.7. The zero-order valence-corrected chi connectivity index (χ0v) is 18.5. The van der Waals surface area contributed by atoms with Gasteiger partial charge in [-0.25, -0.2) is 0 Å². The number of nitrogens with zero attached hydrogens (tertiary/aromatic N) is 2. The second-order valence-corrected chi connectivity index (χ2v) is 9.55. The molecule has 0 spiro atoms. The van der Waals surface area contributed by atoms with Crippen molar-refractivity contribution >= 4 is 22.9 Å². The Morgan fingerprint density at radius 3 is 2.60 bits per heavy atom. The lowest BCUT2D eigenvalue weighted by Crippen LogP contribution is -2.44. The molecule has 3 aromatic rings. The van der Waals surface area contributed by atoms with Crippen LogP contribution in [0.15, 0.2) is 54.6 Å². The lowest BCUT2D eigenvalue weighted by atomic mass is 9.91. The molecule has 2 aliphatic heterocycles. The highest BCUT2D eigenvalue weighted by Gasteiger charge is 2.35. The molecule has 154 valence electrons. The smallest absolute Gasteiger partial charge is 0.241 e. The Labute approximate surface area is 183 Å². The summed E-state index contributed by atoms with van der Waals surface area (Å²) in [4.78, 5) is 20.6. The molecular weight excluding hydrogens is 388 g/mol. The molecule has 3 heterocycles. The normalized spacial score (nSPS) is 18.3. The molecule has 0 fully saturated rings. The molecule has 0 N–H and O–H groups in total. The van der Waals surface area contributed by atoms with Crippen molar-refractivity contribution in [2.24, 2.45) is 0 Å². The van der Waals surface area contributed by atoms with Crippen LogP contribution in [0.4, 0.5) is 5.69 Å². The lowest BCUT2D eigenvalue weighted by Gasteiger charge is -2.36. The van der Waals surface area contributed by atoms with Gasteiger partial charge >= 0.3 is 0 Å². The quantitative estimate of drug-likeness (QED) is 0.587. The first-order valence-corrected chi connectivity index (χ1v) is 11.8. The van der Waals surface area contributed by atoms with Crippen molar-refractivity contribution in [1.29, 1.82) is 0 Å². The Morgan fingerprint density at radius 2 is 1.80 bits per heavy atom. The van der Waals surface area contributed by atoms with Crippen LogP contribution in [0.3, 0.4) is 0 Å². The number of para-hydroxylation sites is 1. The molecule has 0 saturated heterocycles. The predicted molar refractivity (Wildman–Crippen MR) is 124 cm³/mol. The topological polar surface area (TPSA) is 23.6 Å². The van der Waals surface area contributed by atoms with E-state index in [2.05, 4.69) is 67.3 Å². The summed E-state index contributed by atoms with van der Waals surface area (Å²) in [6.07, 6.45) is 3.08. The van der Waals surface area contributed by atoms with E-state index in [1.807, 2.05) is 22.3 Å². The third kappa shape index (κ3) is 3.28. The van der Waals surface area contributed by atoms with Crippen LogP contribution in [0.25, 0.3) is 0 Å². The standard InChI is InChI=1S/C26H28N2OS/c1-3-21-18(2)30-26-22(21)14-15-27(25(26)20-10-5-4-6-11-20)17-24(29)28-16-13-19-9-7-8-12-23(19)28/h4-12,25H,3,13-17H2,1-2H3. The van der Waals surface area contributed by atoms with Crippen molar-refractivity contribution in [3.63, 3.8) is 0 Å². The second-order valence-electron chi connectivity index (χ2n) is 8.29. The molecule has 0 radical (unpaired) electrons. The average molecular weight is 417 g/mol. The van der Waals surface area contributed by atoms with Crippen LogP contribution in [0.5, 0.6) is 0 Å². The minimum Gasteiger partial charge on any atom is -0.311 e. The van der Waals surface area contributed by atoms with Crippen molar-refractivity contribution in [3.8, 4) is 0 Å². The monoisotopic (exact) mass is 416 g/mol. The van der Waals surface area contributed by atoms with Crippen LogP contribution in [0.2, 0.25) is 0 Å². The fraction of sp³-hybridized carbons (Fsp3) is 0.346. The number of thiophene rings is 1. The lowest BCUT2D eigenvalue weighted by molar-refractivity contribution is -0.120. The number of fused-ring (bicyclic) bond motifs is 2. The molecule has 1 aromatic heterocycles. The van der Waals surface area contributed by atoms with E-state index in [0.29, 0.717) is 6.54 Å². The van der Waals surface area contributed by atoms with E-state index >= 15 is 0 Å². The van der Waals surface area contributed by atoms with Gasteiger partial charge in [-0.05, 0) is 54.5 Å². The van der Waals surface area contributed by atoms with Gasteiger partial charge in [-0.15, -0.1) is 11.3 Å². The second kappa shape index (κ2) is 8.01. The zero-order chi connectivity index (χ0) is 20.7. The first-order valence-electron chi connectivity index (χ1n) is 11.0. The number of hydrogen-bond donors (Lipinski definition) is 0. The number of aryl methyl sites for hydroxylation is 1. The first kappa shape index (κ1) is 19.5. The summed E-state index contributed by atoms with van der Waals surface area (Å²) >= 11 is 1.93. The van der Waals surface area contributed by atoms with E-state index < -0.39 is 0 Å². The van der Waals surface area contributed by atoms with E-state index in [4.69, 9.17) is 0 Å². The fourth-order valence-corrected chi connectivity index (χ4v) is 6.65. The molecule has 5 rings (SSSR count). The molecule has 1 amide bonds. The fourth-order valence-electron chi connectivity index (χ4n) is 5.18. The summed E-state index contributed by atoms with van der Waals surface area (Å²) in [6.45, 7) is 6.70. The van der Waals surface area contributed by atoms with Gasteiger partial charge in [-0.1, -0.05) is 55.5 Å². The van der Waals surface area contributed by atoms with Crippen LogP contribution in [-0.2, 0) is 24.1 Å². The van der Waals surface area contributed by atoms with Gasteiger partial charge in [-0.2, -0.15) is 0 Å². The summed E-state index contributed by atoms with van der Waals surface area (Å²) in [7, 11) is 0. The Morgan fingerprint density at radius 1 is 1.03 bits per heavy atom. The van der Waals surface area contributed by atoms with Crippen molar-refractivity contribution in [2.75, 3.05) is 24.5 Å². The van der Waals surface area contributed by atoms with Crippen molar-refractivity contribution in [2.45, 2.75) is 39.2 Å². The number of carbonyl (C=O) groups is 1. The Bertz CT molecular complexity index is 1070. The summed E-state index contributed by atoms with van der Waals surface area (Å²) in [5.74, 6) is 0.216. The molecule has 4 heteroatoms. The predicted octanol–water partition coefficient (Wildman–Crippen LogP) is 5.16. The minimum absolute atomic E-state index is 0.167. The molecule has 1 atom stereocenters. The van der Waals surface area contributed by atoms with E-state index in [0.717, 1.165) is 38.0 Å². The largest absolute Gasteiger partial charge is 0.311 e. The van der Waals surface area contributed by atoms with Crippen LogP contribution in [0.1, 0.15) is 45.0 Å². The zero-order valence-electron chi connectivity index (χ0n) is 17.7. The van der Waals surface area contributed by atoms with Gasteiger partial charge in [0.25, 0.3) is 0 Å². The maximum absolute atomic E-state index is 13.4. The number of amides is 1. The Balaban J connectivity index is 1.47. The third-order valence-electron chi connectivity index (χ3n) is 6.61. The average Bonchev–Trinajstić information content (AvgIpc) is 3.34.